The zero-order chi connectivity index (χ0) is 16.5. The van der Waals surface area contributed by atoms with Crippen molar-refractivity contribution in [3.63, 3.8) is 0 Å². The molecule has 118 valence electrons. The van der Waals surface area contributed by atoms with Crippen molar-refractivity contribution in [3.05, 3.63) is 96.1 Å². The Labute approximate surface area is 141 Å². The molecule has 2 heteroatoms. The summed E-state index contributed by atoms with van der Waals surface area (Å²) in [6.45, 7) is 0. The van der Waals surface area contributed by atoms with Crippen molar-refractivity contribution in [3.8, 4) is 22.6 Å². The molecule has 0 unspecified atom stereocenters. The highest BCUT2D eigenvalue weighted by atomic mass is 16.3. The first-order chi connectivity index (χ1) is 11.8. The zero-order valence-electron chi connectivity index (χ0n) is 13.1. The van der Waals surface area contributed by atoms with Crippen LogP contribution in [0.3, 0.4) is 0 Å². The fourth-order valence-electron chi connectivity index (χ4n) is 3.47. The molecule has 0 heterocycles. The van der Waals surface area contributed by atoms with Gasteiger partial charge in [0.25, 0.3) is 0 Å². The quantitative estimate of drug-likeness (QED) is 0.766. The molecule has 0 fully saturated rings. The fourth-order valence-corrected chi connectivity index (χ4v) is 3.47. The minimum atomic E-state index is -0.0306. The van der Waals surface area contributed by atoms with Crippen LogP contribution in [-0.2, 0) is 0 Å². The van der Waals surface area contributed by atoms with Crippen LogP contribution in [0.4, 0.5) is 0 Å². The van der Waals surface area contributed by atoms with Crippen molar-refractivity contribution in [1.82, 2.24) is 0 Å². The third-order valence-electron chi connectivity index (χ3n) is 4.60. The molecule has 0 saturated heterocycles. The summed E-state index contributed by atoms with van der Waals surface area (Å²) in [4.78, 5) is 0. The van der Waals surface area contributed by atoms with Gasteiger partial charge in [-0.15, -0.1) is 0 Å². The van der Waals surface area contributed by atoms with E-state index in [1.807, 2.05) is 78.9 Å². The third kappa shape index (κ3) is 2.37. The summed E-state index contributed by atoms with van der Waals surface area (Å²) < 4.78 is 0. The molecular weight excluding hydrogens is 296 g/mol. The van der Waals surface area contributed by atoms with E-state index in [1.54, 1.807) is 6.07 Å². The van der Waals surface area contributed by atoms with Gasteiger partial charge in [-0.25, -0.2) is 0 Å². The smallest absolute Gasteiger partial charge is 0.128 e. The molecule has 2 aromatic rings. The lowest BCUT2D eigenvalue weighted by Gasteiger charge is -2.22. The molecule has 0 radical (unpaired) electrons. The van der Waals surface area contributed by atoms with Crippen LogP contribution in [0.25, 0.3) is 11.1 Å². The summed E-state index contributed by atoms with van der Waals surface area (Å²) in [5, 5.41) is 21.8. The minimum Gasteiger partial charge on any atom is -0.508 e. The summed E-state index contributed by atoms with van der Waals surface area (Å²) in [6, 6.07) is 11.3. The van der Waals surface area contributed by atoms with Gasteiger partial charge in [0.15, 0.2) is 0 Å². The van der Waals surface area contributed by atoms with Gasteiger partial charge in [-0.1, -0.05) is 78.9 Å². The van der Waals surface area contributed by atoms with Crippen molar-refractivity contribution in [1.29, 1.82) is 0 Å². The van der Waals surface area contributed by atoms with E-state index < -0.39 is 0 Å². The van der Waals surface area contributed by atoms with Crippen LogP contribution >= 0.6 is 0 Å². The van der Waals surface area contributed by atoms with Crippen molar-refractivity contribution in [2.45, 2.75) is 11.8 Å². The molecule has 24 heavy (non-hydrogen) atoms. The van der Waals surface area contributed by atoms with Crippen LogP contribution in [0, 0.1) is 0 Å². The van der Waals surface area contributed by atoms with Crippen LogP contribution in [0.15, 0.2) is 85.0 Å². The SMILES string of the molecule is Oc1cc(-c2ccccc2)c(O)c(C2C=CC=C2)c1C1C=CC=C1. The highest BCUT2D eigenvalue weighted by Gasteiger charge is 2.26. The van der Waals surface area contributed by atoms with Crippen molar-refractivity contribution < 1.29 is 10.2 Å². The molecule has 2 aliphatic rings. The standard InChI is InChI=1S/C22H18O2/c23-19-14-18(15-8-2-1-3-9-15)22(24)21(17-12-6-7-13-17)20(19)16-10-4-5-11-16/h1-14,16-17,23-24H. The Bertz CT molecular complexity index is 862. The fraction of sp³-hybridized carbons (Fsp3) is 0.0909. The molecule has 2 aliphatic carbocycles. The Morgan fingerprint density at radius 2 is 1.21 bits per heavy atom. The first-order valence-corrected chi connectivity index (χ1v) is 8.10. The van der Waals surface area contributed by atoms with Crippen LogP contribution in [0.1, 0.15) is 23.0 Å². The Morgan fingerprint density at radius 1 is 0.667 bits per heavy atom. The van der Waals surface area contributed by atoms with E-state index in [1.165, 1.54) is 0 Å². The second-order valence-corrected chi connectivity index (χ2v) is 6.08. The van der Waals surface area contributed by atoms with Gasteiger partial charge in [0, 0.05) is 28.5 Å². The maximum Gasteiger partial charge on any atom is 0.128 e. The molecule has 4 rings (SSSR count). The number of phenolic OH excluding ortho intramolecular Hbond substituents is 2. The Hall–Kier alpha value is -3.00. The van der Waals surface area contributed by atoms with E-state index >= 15 is 0 Å². The average Bonchev–Trinajstić information content (AvgIpc) is 3.30. The van der Waals surface area contributed by atoms with Crippen LogP contribution < -0.4 is 0 Å². The first-order valence-electron chi connectivity index (χ1n) is 8.10. The molecule has 2 aromatic carbocycles. The minimum absolute atomic E-state index is 0.0156. The summed E-state index contributed by atoms with van der Waals surface area (Å²) in [6.07, 6.45) is 16.0. The topological polar surface area (TPSA) is 40.5 Å². The lowest BCUT2D eigenvalue weighted by molar-refractivity contribution is 0.449. The summed E-state index contributed by atoms with van der Waals surface area (Å²) in [7, 11) is 0. The van der Waals surface area contributed by atoms with E-state index in [4.69, 9.17) is 0 Å². The van der Waals surface area contributed by atoms with Gasteiger partial charge in [-0.2, -0.15) is 0 Å². The molecule has 0 saturated carbocycles. The molecule has 0 aromatic heterocycles. The predicted molar refractivity (Wildman–Crippen MR) is 97.2 cm³/mol. The molecule has 0 aliphatic heterocycles. The van der Waals surface area contributed by atoms with Crippen LogP contribution in [-0.4, -0.2) is 10.2 Å². The van der Waals surface area contributed by atoms with E-state index in [2.05, 4.69) is 0 Å². The molecular formula is C22H18O2. The van der Waals surface area contributed by atoms with Crippen LogP contribution in [0.2, 0.25) is 0 Å². The van der Waals surface area contributed by atoms with Crippen LogP contribution in [0.5, 0.6) is 11.5 Å². The largest absolute Gasteiger partial charge is 0.508 e. The highest BCUT2D eigenvalue weighted by Crippen LogP contribution is 2.47. The monoisotopic (exact) mass is 314 g/mol. The lowest BCUT2D eigenvalue weighted by atomic mass is 9.84. The lowest BCUT2D eigenvalue weighted by Crippen LogP contribution is -2.03. The van der Waals surface area contributed by atoms with Crippen molar-refractivity contribution in [2.75, 3.05) is 0 Å². The number of rotatable bonds is 3. The van der Waals surface area contributed by atoms with Gasteiger partial charge >= 0.3 is 0 Å². The molecule has 0 bridgehead atoms. The van der Waals surface area contributed by atoms with Gasteiger partial charge in [-0.3, -0.25) is 0 Å². The van der Waals surface area contributed by atoms with E-state index in [9.17, 15) is 10.2 Å². The number of phenols is 2. The Morgan fingerprint density at radius 3 is 1.79 bits per heavy atom. The van der Waals surface area contributed by atoms with Gasteiger partial charge in [0.1, 0.15) is 11.5 Å². The average molecular weight is 314 g/mol. The van der Waals surface area contributed by atoms with E-state index in [0.717, 1.165) is 16.7 Å². The molecule has 0 atom stereocenters. The second kappa shape index (κ2) is 5.89. The molecule has 0 spiro atoms. The Kier molecular flexibility index (Phi) is 3.58. The highest BCUT2D eigenvalue weighted by molar-refractivity contribution is 5.77. The van der Waals surface area contributed by atoms with E-state index in [-0.39, 0.29) is 23.3 Å². The number of hydrogen-bond acceptors (Lipinski definition) is 2. The summed E-state index contributed by atoms with van der Waals surface area (Å²) in [5.41, 5.74) is 3.10. The molecule has 2 nitrogen and oxygen atoms in total. The van der Waals surface area contributed by atoms with Gasteiger partial charge in [-0.05, 0) is 11.6 Å². The van der Waals surface area contributed by atoms with Gasteiger partial charge in [0.05, 0.1) is 0 Å². The zero-order valence-corrected chi connectivity index (χ0v) is 13.1. The van der Waals surface area contributed by atoms with Crippen molar-refractivity contribution >= 4 is 0 Å². The summed E-state index contributed by atoms with van der Waals surface area (Å²) >= 11 is 0. The predicted octanol–water partition coefficient (Wildman–Crippen LogP) is 5.18. The first kappa shape index (κ1) is 14.6. The van der Waals surface area contributed by atoms with Gasteiger partial charge < -0.3 is 10.2 Å². The summed E-state index contributed by atoms with van der Waals surface area (Å²) in [5.74, 6) is 0.413. The Balaban J connectivity index is 1.97. The number of hydrogen-bond donors (Lipinski definition) is 2. The number of benzene rings is 2. The van der Waals surface area contributed by atoms with Crippen molar-refractivity contribution in [2.24, 2.45) is 0 Å². The number of allylic oxidation sites excluding steroid dienone is 8. The molecule has 2 N–H and O–H groups in total. The van der Waals surface area contributed by atoms with E-state index in [0.29, 0.717) is 5.56 Å². The van der Waals surface area contributed by atoms with Gasteiger partial charge in [0.2, 0.25) is 0 Å². The maximum absolute atomic E-state index is 11.0. The normalized spacial score (nSPS) is 16.5. The number of aromatic hydroxyl groups is 2. The second-order valence-electron chi connectivity index (χ2n) is 6.08. The molecule has 0 amide bonds. The maximum atomic E-state index is 11.0. The third-order valence-corrected chi connectivity index (χ3v) is 4.60.